The Labute approximate surface area is 196 Å². The fourth-order valence-corrected chi connectivity index (χ4v) is 4.19. The number of nitro groups is 1. The van der Waals surface area contributed by atoms with Crippen LogP contribution in [0.3, 0.4) is 0 Å². The number of amides is 1. The van der Waals surface area contributed by atoms with Gasteiger partial charge >= 0.3 is 0 Å². The molecule has 1 heterocycles. The molecule has 0 unspecified atom stereocenters. The van der Waals surface area contributed by atoms with Crippen molar-refractivity contribution in [3.63, 3.8) is 0 Å². The number of methoxy groups -OCH3 is 1. The number of ether oxygens (including phenoxy) is 2. The Hall–Kier alpha value is -3.58. The molecule has 4 rings (SSSR count). The molecule has 0 aromatic heterocycles. The van der Waals surface area contributed by atoms with Gasteiger partial charge in [-0.2, -0.15) is 0 Å². The number of halogens is 1. The summed E-state index contributed by atoms with van der Waals surface area (Å²) in [5.41, 5.74) is 3.12. The van der Waals surface area contributed by atoms with Crippen molar-refractivity contribution in [3.8, 4) is 11.5 Å². The molecule has 0 spiro atoms. The molecule has 3 aromatic carbocycles. The number of fused-ring (bicyclic) bond motifs is 1. The summed E-state index contributed by atoms with van der Waals surface area (Å²) >= 11 is 6.12. The topological polar surface area (TPSA) is 81.9 Å². The molecule has 8 heteroatoms. The summed E-state index contributed by atoms with van der Waals surface area (Å²) in [6.45, 7) is 3.87. The average Bonchev–Trinajstić information content (AvgIpc) is 2.78. The van der Waals surface area contributed by atoms with Crippen molar-refractivity contribution >= 4 is 28.9 Å². The maximum absolute atomic E-state index is 13.4. The van der Waals surface area contributed by atoms with Crippen molar-refractivity contribution in [2.75, 3.05) is 12.0 Å². The standard InChI is InChI=1S/C25H23ClN2O5/c1-15(2)33-23-14-21-17(12-22(23)32-3)13-24(29)27(19-8-10-20(11-9-19)28(30)31)25(21)16-4-6-18(26)7-5-16/h4-12,14-15,25H,13H2,1-3H3/t25-/m1/s1. The first-order valence-corrected chi connectivity index (χ1v) is 10.9. The Morgan fingerprint density at radius 2 is 1.73 bits per heavy atom. The Morgan fingerprint density at radius 3 is 2.30 bits per heavy atom. The number of hydrogen-bond donors (Lipinski definition) is 0. The lowest BCUT2D eigenvalue weighted by Gasteiger charge is -2.38. The number of nitrogens with zero attached hydrogens (tertiary/aromatic N) is 2. The molecule has 0 radical (unpaired) electrons. The van der Waals surface area contributed by atoms with Gasteiger partial charge in [0.05, 0.1) is 30.6 Å². The molecule has 0 bridgehead atoms. The van der Waals surface area contributed by atoms with Gasteiger partial charge in [-0.05, 0) is 66.9 Å². The van der Waals surface area contributed by atoms with E-state index in [4.69, 9.17) is 21.1 Å². The molecule has 0 saturated heterocycles. The van der Waals surface area contributed by atoms with Gasteiger partial charge in [-0.3, -0.25) is 14.9 Å². The van der Waals surface area contributed by atoms with Gasteiger partial charge in [-0.1, -0.05) is 23.7 Å². The molecule has 1 aliphatic heterocycles. The third-order valence-corrected chi connectivity index (χ3v) is 5.73. The lowest BCUT2D eigenvalue weighted by molar-refractivity contribution is -0.384. The summed E-state index contributed by atoms with van der Waals surface area (Å²) in [5.74, 6) is 1.02. The maximum atomic E-state index is 13.4. The van der Waals surface area contributed by atoms with E-state index in [0.717, 1.165) is 16.7 Å². The third-order valence-electron chi connectivity index (χ3n) is 5.48. The van der Waals surface area contributed by atoms with Crippen LogP contribution in [0.15, 0.2) is 60.7 Å². The number of rotatable bonds is 6. The average molecular weight is 467 g/mol. The summed E-state index contributed by atoms with van der Waals surface area (Å²) < 4.78 is 11.5. The van der Waals surface area contributed by atoms with E-state index >= 15 is 0 Å². The van der Waals surface area contributed by atoms with Crippen molar-refractivity contribution in [1.82, 2.24) is 0 Å². The zero-order chi connectivity index (χ0) is 23.7. The zero-order valence-electron chi connectivity index (χ0n) is 18.4. The van der Waals surface area contributed by atoms with Crippen LogP contribution in [-0.4, -0.2) is 24.0 Å². The van der Waals surface area contributed by atoms with Crippen LogP contribution in [0, 0.1) is 10.1 Å². The molecular formula is C25H23ClN2O5. The molecule has 0 saturated carbocycles. The molecule has 0 fully saturated rings. The highest BCUT2D eigenvalue weighted by molar-refractivity contribution is 6.30. The molecular weight excluding hydrogens is 444 g/mol. The van der Waals surface area contributed by atoms with Crippen LogP contribution in [-0.2, 0) is 11.2 Å². The lowest BCUT2D eigenvalue weighted by Crippen LogP contribution is -2.41. The zero-order valence-corrected chi connectivity index (χ0v) is 19.2. The molecule has 3 aromatic rings. The monoisotopic (exact) mass is 466 g/mol. The fourth-order valence-electron chi connectivity index (χ4n) is 4.06. The van der Waals surface area contributed by atoms with Gasteiger partial charge in [0.1, 0.15) is 0 Å². The van der Waals surface area contributed by atoms with E-state index in [9.17, 15) is 14.9 Å². The first-order valence-electron chi connectivity index (χ1n) is 10.5. The number of nitro benzene ring substituents is 1. The second kappa shape index (κ2) is 9.11. The van der Waals surface area contributed by atoms with E-state index < -0.39 is 11.0 Å². The van der Waals surface area contributed by atoms with Crippen molar-refractivity contribution in [2.24, 2.45) is 0 Å². The number of benzene rings is 3. The summed E-state index contributed by atoms with van der Waals surface area (Å²) in [7, 11) is 1.57. The molecule has 170 valence electrons. The number of hydrogen-bond acceptors (Lipinski definition) is 5. The van der Waals surface area contributed by atoms with Crippen LogP contribution < -0.4 is 14.4 Å². The van der Waals surface area contributed by atoms with Crippen LogP contribution in [0.2, 0.25) is 5.02 Å². The van der Waals surface area contributed by atoms with Gasteiger partial charge in [0.2, 0.25) is 5.91 Å². The van der Waals surface area contributed by atoms with Gasteiger partial charge in [-0.15, -0.1) is 0 Å². The highest BCUT2D eigenvalue weighted by atomic mass is 35.5. The van der Waals surface area contributed by atoms with E-state index in [0.29, 0.717) is 22.2 Å². The van der Waals surface area contributed by atoms with Crippen LogP contribution in [0.5, 0.6) is 11.5 Å². The van der Waals surface area contributed by atoms with Crippen LogP contribution in [0.1, 0.15) is 36.6 Å². The number of carbonyl (C=O) groups excluding carboxylic acids is 1. The number of non-ortho nitro benzene ring substituents is 1. The minimum atomic E-state index is -0.472. The normalized spacial score (nSPS) is 15.4. The highest BCUT2D eigenvalue weighted by Gasteiger charge is 2.36. The Bertz CT molecular complexity index is 1190. The van der Waals surface area contributed by atoms with Gasteiger partial charge in [0.25, 0.3) is 5.69 Å². The highest BCUT2D eigenvalue weighted by Crippen LogP contribution is 2.44. The molecule has 1 amide bonds. The smallest absolute Gasteiger partial charge is 0.269 e. The van der Waals surface area contributed by atoms with Crippen molar-refractivity contribution in [1.29, 1.82) is 0 Å². The fraction of sp³-hybridized carbons (Fsp3) is 0.240. The predicted octanol–water partition coefficient (Wildman–Crippen LogP) is 5.72. The van der Waals surface area contributed by atoms with Gasteiger partial charge < -0.3 is 14.4 Å². The van der Waals surface area contributed by atoms with Crippen LogP contribution >= 0.6 is 11.6 Å². The molecule has 1 aliphatic rings. The summed E-state index contributed by atoms with van der Waals surface area (Å²) in [6.07, 6.45) is 0.0938. The van der Waals surface area contributed by atoms with Crippen LogP contribution in [0.25, 0.3) is 0 Å². The molecule has 7 nitrogen and oxygen atoms in total. The van der Waals surface area contributed by atoms with Crippen LogP contribution in [0.4, 0.5) is 11.4 Å². The second-order valence-electron chi connectivity index (χ2n) is 8.04. The Balaban J connectivity index is 1.90. The first kappa shape index (κ1) is 22.6. The molecule has 1 atom stereocenters. The van der Waals surface area contributed by atoms with E-state index in [-0.39, 0.29) is 24.1 Å². The predicted molar refractivity (Wildman–Crippen MR) is 126 cm³/mol. The van der Waals surface area contributed by atoms with Crippen molar-refractivity contribution in [2.45, 2.75) is 32.4 Å². The maximum Gasteiger partial charge on any atom is 0.269 e. The van der Waals surface area contributed by atoms with E-state index in [2.05, 4.69) is 0 Å². The summed E-state index contributed by atoms with van der Waals surface area (Å²) in [4.78, 5) is 25.7. The van der Waals surface area contributed by atoms with E-state index in [1.165, 1.54) is 12.1 Å². The largest absolute Gasteiger partial charge is 0.493 e. The Kier molecular flexibility index (Phi) is 6.24. The van der Waals surface area contributed by atoms with Crippen molar-refractivity contribution < 1.29 is 19.2 Å². The molecule has 0 N–H and O–H groups in total. The Morgan fingerprint density at radius 1 is 1.06 bits per heavy atom. The van der Waals surface area contributed by atoms with Crippen molar-refractivity contribution in [3.05, 3.63) is 92.5 Å². The SMILES string of the molecule is COc1cc2c(cc1OC(C)C)[C@@H](c1ccc(Cl)cc1)N(c1ccc([N+](=O)[O-])cc1)C(=O)C2. The van der Waals surface area contributed by atoms with Gasteiger partial charge in [-0.25, -0.2) is 0 Å². The summed E-state index contributed by atoms with van der Waals surface area (Å²) in [5, 5.41) is 11.7. The number of anilines is 1. The third kappa shape index (κ3) is 4.50. The molecule has 33 heavy (non-hydrogen) atoms. The van der Waals surface area contributed by atoms with Gasteiger partial charge in [0, 0.05) is 22.8 Å². The quantitative estimate of drug-likeness (QED) is 0.342. The minimum Gasteiger partial charge on any atom is -0.493 e. The molecule has 0 aliphatic carbocycles. The van der Waals surface area contributed by atoms with E-state index in [1.807, 2.05) is 38.1 Å². The second-order valence-corrected chi connectivity index (χ2v) is 8.47. The van der Waals surface area contributed by atoms with E-state index in [1.54, 1.807) is 36.3 Å². The minimum absolute atomic E-state index is 0.0380. The van der Waals surface area contributed by atoms with Gasteiger partial charge in [0.15, 0.2) is 11.5 Å². The number of carbonyl (C=O) groups is 1. The first-order chi connectivity index (χ1) is 15.8. The lowest BCUT2D eigenvalue weighted by atomic mass is 9.86. The summed E-state index contributed by atoms with van der Waals surface area (Å²) in [6, 6.07) is 16.6.